The standard InChI is InChI=1S/C21H27N3O4/c1-22-21(23-10-4-12-26-18-6-3-5-17(14-18)25-2)24-11-9-16-7-8-19-20(13-16)28-15-27-19/h3,5-8,13-14H,4,9-12,15H2,1-2H3,(H2,22,23,24). The molecular weight excluding hydrogens is 358 g/mol. The Kier molecular flexibility index (Phi) is 7.23. The predicted octanol–water partition coefficient (Wildman–Crippen LogP) is 2.60. The monoisotopic (exact) mass is 385 g/mol. The van der Waals surface area contributed by atoms with Crippen LogP contribution in [0.4, 0.5) is 0 Å². The lowest BCUT2D eigenvalue weighted by atomic mass is 10.1. The second-order valence-corrected chi connectivity index (χ2v) is 6.24. The maximum absolute atomic E-state index is 5.74. The first-order valence-corrected chi connectivity index (χ1v) is 9.38. The van der Waals surface area contributed by atoms with Crippen LogP contribution >= 0.6 is 0 Å². The van der Waals surface area contributed by atoms with Crippen molar-refractivity contribution >= 4 is 5.96 Å². The zero-order valence-electron chi connectivity index (χ0n) is 16.4. The first-order chi connectivity index (χ1) is 13.8. The van der Waals surface area contributed by atoms with Gasteiger partial charge in [0.1, 0.15) is 11.5 Å². The van der Waals surface area contributed by atoms with Crippen LogP contribution in [0.3, 0.4) is 0 Å². The number of hydrogen-bond donors (Lipinski definition) is 2. The van der Waals surface area contributed by atoms with Crippen molar-refractivity contribution in [2.24, 2.45) is 4.99 Å². The molecule has 0 aliphatic carbocycles. The van der Waals surface area contributed by atoms with Gasteiger partial charge in [-0.2, -0.15) is 0 Å². The average Bonchev–Trinajstić information content (AvgIpc) is 3.20. The smallest absolute Gasteiger partial charge is 0.231 e. The van der Waals surface area contributed by atoms with Gasteiger partial charge in [-0.25, -0.2) is 0 Å². The van der Waals surface area contributed by atoms with Gasteiger partial charge in [0.2, 0.25) is 6.79 Å². The van der Waals surface area contributed by atoms with E-state index in [1.54, 1.807) is 14.2 Å². The SMILES string of the molecule is CN=C(NCCCOc1cccc(OC)c1)NCCc1ccc2c(c1)OCO2. The van der Waals surface area contributed by atoms with Gasteiger partial charge < -0.3 is 29.6 Å². The molecule has 28 heavy (non-hydrogen) atoms. The number of rotatable bonds is 9. The molecule has 0 atom stereocenters. The molecule has 0 saturated heterocycles. The maximum atomic E-state index is 5.74. The molecule has 0 radical (unpaired) electrons. The minimum Gasteiger partial charge on any atom is -0.497 e. The van der Waals surface area contributed by atoms with Gasteiger partial charge in [0.15, 0.2) is 17.5 Å². The highest BCUT2D eigenvalue weighted by atomic mass is 16.7. The fourth-order valence-electron chi connectivity index (χ4n) is 2.80. The molecule has 2 aromatic rings. The van der Waals surface area contributed by atoms with E-state index in [0.717, 1.165) is 54.9 Å². The molecule has 0 spiro atoms. The Morgan fingerprint density at radius 1 is 1.04 bits per heavy atom. The Labute approximate surface area is 165 Å². The topological polar surface area (TPSA) is 73.3 Å². The van der Waals surface area contributed by atoms with E-state index in [0.29, 0.717) is 13.4 Å². The number of fused-ring (bicyclic) bond motifs is 1. The Morgan fingerprint density at radius 3 is 2.71 bits per heavy atom. The molecule has 1 aliphatic rings. The molecule has 3 rings (SSSR count). The average molecular weight is 385 g/mol. The highest BCUT2D eigenvalue weighted by Crippen LogP contribution is 2.32. The van der Waals surface area contributed by atoms with Gasteiger partial charge >= 0.3 is 0 Å². The quantitative estimate of drug-likeness (QED) is 0.393. The van der Waals surface area contributed by atoms with Crippen LogP contribution in [0.5, 0.6) is 23.0 Å². The van der Waals surface area contributed by atoms with Crippen LogP contribution < -0.4 is 29.6 Å². The summed E-state index contributed by atoms with van der Waals surface area (Å²) in [6.07, 6.45) is 1.73. The van der Waals surface area contributed by atoms with Crippen LogP contribution in [-0.4, -0.2) is 46.6 Å². The summed E-state index contributed by atoms with van der Waals surface area (Å²) in [5, 5.41) is 6.61. The van der Waals surface area contributed by atoms with Crippen molar-refractivity contribution in [3.8, 4) is 23.0 Å². The van der Waals surface area contributed by atoms with Crippen molar-refractivity contribution in [1.82, 2.24) is 10.6 Å². The fourth-order valence-corrected chi connectivity index (χ4v) is 2.80. The van der Waals surface area contributed by atoms with E-state index in [4.69, 9.17) is 18.9 Å². The maximum Gasteiger partial charge on any atom is 0.231 e. The summed E-state index contributed by atoms with van der Waals surface area (Å²) in [6, 6.07) is 13.6. The van der Waals surface area contributed by atoms with E-state index in [2.05, 4.69) is 21.7 Å². The van der Waals surface area contributed by atoms with E-state index in [1.165, 1.54) is 5.56 Å². The van der Waals surface area contributed by atoms with Crippen LogP contribution in [0.2, 0.25) is 0 Å². The largest absolute Gasteiger partial charge is 0.497 e. The highest BCUT2D eigenvalue weighted by molar-refractivity contribution is 5.79. The van der Waals surface area contributed by atoms with Crippen molar-refractivity contribution < 1.29 is 18.9 Å². The third-order valence-electron chi connectivity index (χ3n) is 4.29. The Bertz CT molecular complexity index is 795. The first-order valence-electron chi connectivity index (χ1n) is 9.38. The molecule has 1 aliphatic heterocycles. The third-order valence-corrected chi connectivity index (χ3v) is 4.29. The Hall–Kier alpha value is -3.09. The first kappa shape index (κ1) is 19.7. The van der Waals surface area contributed by atoms with Gasteiger partial charge in [-0.3, -0.25) is 4.99 Å². The second kappa shape index (κ2) is 10.3. The Morgan fingerprint density at radius 2 is 1.86 bits per heavy atom. The lowest BCUT2D eigenvalue weighted by Crippen LogP contribution is -2.39. The lowest BCUT2D eigenvalue weighted by Gasteiger charge is -2.12. The van der Waals surface area contributed by atoms with Crippen LogP contribution in [0.15, 0.2) is 47.5 Å². The minimum atomic E-state index is 0.301. The third kappa shape index (κ3) is 5.70. The molecule has 0 saturated carbocycles. The van der Waals surface area contributed by atoms with Crippen molar-refractivity contribution in [2.45, 2.75) is 12.8 Å². The van der Waals surface area contributed by atoms with Gasteiger partial charge in [-0.05, 0) is 42.7 Å². The van der Waals surface area contributed by atoms with Crippen LogP contribution in [-0.2, 0) is 6.42 Å². The summed E-state index contributed by atoms with van der Waals surface area (Å²) in [5.41, 5.74) is 1.19. The molecule has 0 fully saturated rings. The van der Waals surface area contributed by atoms with Gasteiger partial charge in [-0.15, -0.1) is 0 Å². The van der Waals surface area contributed by atoms with E-state index in [-0.39, 0.29) is 0 Å². The Balaban J connectivity index is 1.31. The molecule has 0 amide bonds. The number of nitrogens with zero attached hydrogens (tertiary/aromatic N) is 1. The molecule has 7 heteroatoms. The summed E-state index contributed by atoms with van der Waals surface area (Å²) >= 11 is 0. The normalized spacial score (nSPS) is 12.6. The van der Waals surface area contributed by atoms with Crippen molar-refractivity contribution in [3.05, 3.63) is 48.0 Å². The molecule has 7 nitrogen and oxygen atoms in total. The van der Waals surface area contributed by atoms with E-state index >= 15 is 0 Å². The summed E-state index contributed by atoms with van der Waals surface area (Å²) in [4.78, 5) is 4.25. The summed E-state index contributed by atoms with van der Waals surface area (Å²) in [5.74, 6) is 4.01. The highest BCUT2D eigenvalue weighted by Gasteiger charge is 2.12. The van der Waals surface area contributed by atoms with Gasteiger partial charge in [-0.1, -0.05) is 12.1 Å². The van der Waals surface area contributed by atoms with E-state index in [1.807, 2.05) is 36.4 Å². The zero-order chi connectivity index (χ0) is 19.6. The number of methoxy groups -OCH3 is 1. The molecule has 0 bridgehead atoms. The molecule has 0 unspecified atom stereocenters. The number of aliphatic imine (C=N–C) groups is 1. The van der Waals surface area contributed by atoms with Gasteiger partial charge in [0, 0.05) is 26.2 Å². The number of benzene rings is 2. The number of guanidine groups is 1. The minimum absolute atomic E-state index is 0.301. The second-order valence-electron chi connectivity index (χ2n) is 6.24. The summed E-state index contributed by atoms with van der Waals surface area (Å²) in [7, 11) is 3.41. The predicted molar refractivity (Wildman–Crippen MR) is 109 cm³/mol. The molecule has 2 aromatic carbocycles. The van der Waals surface area contributed by atoms with Crippen molar-refractivity contribution in [3.63, 3.8) is 0 Å². The fraction of sp³-hybridized carbons (Fsp3) is 0.381. The van der Waals surface area contributed by atoms with Crippen LogP contribution in [0.25, 0.3) is 0 Å². The van der Waals surface area contributed by atoms with Crippen LogP contribution in [0.1, 0.15) is 12.0 Å². The van der Waals surface area contributed by atoms with Gasteiger partial charge in [0.05, 0.1) is 13.7 Å². The van der Waals surface area contributed by atoms with Crippen LogP contribution in [0, 0.1) is 0 Å². The molecule has 0 aromatic heterocycles. The van der Waals surface area contributed by atoms with Gasteiger partial charge in [0.25, 0.3) is 0 Å². The number of ether oxygens (including phenoxy) is 4. The molecule has 150 valence electrons. The molecule has 1 heterocycles. The summed E-state index contributed by atoms with van der Waals surface area (Å²) in [6.45, 7) is 2.47. The lowest BCUT2D eigenvalue weighted by molar-refractivity contribution is 0.174. The van der Waals surface area contributed by atoms with E-state index < -0.39 is 0 Å². The molecular formula is C21H27N3O4. The number of hydrogen-bond acceptors (Lipinski definition) is 5. The zero-order valence-corrected chi connectivity index (χ0v) is 16.4. The summed E-state index contributed by atoms with van der Waals surface area (Å²) < 4.78 is 21.7. The molecule has 2 N–H and O–H groups in total. The van der Waals surface area contributed by atoms with Crippen molar-refractivity contribution in [1.29, 1.82) is 0 Å². The number of nitrogens with one attached hydrogen (secondary N) is 2. The van der Waals surface area contributed by atoms with Crippen molar-refractivity contribution in [2.75, 3.05) is 40.6 Å². The van der Waals surface area contributed by atoms with E-state index in [9.17, 15) is 0 Å².